The molecule has 5 heteroatoms. The van der Waals surface area contributed by atoms with Gasteiger partial charge in [-0.05, 0) is 56.4 Å². The number of benzene rings is 1. The van der Waals surface area contributed by atoms with Gasteiger partial charge in [0.1, 0.15) is 5.41 Å². The zero-order valence-corrected chi connectivity index (χ0v) is 13.9. The Bertz CT molecular complexity index is 601. The van der Waals surface area contributed by atoms with Crippen LogP contribution in [0.4, 0.5) is 5.69 Å². The molecule has 124 valence electrons. The van der Waals surface area contributed by atoms with Crippen molar-refractivity contribution in [1.29, 1.82) is 0 Å². The highest BCUT2D eigenvalue weighted by Gasteiger charge is 2.56. The molecule has 1 fully saturated rings. The molecule has 1 aliphatic carbocycles. The summed E-state index contributed by atoms with van der Waals surface area (Å²) in [4.78, 5) is 35.9. The standard InChI is InChI=1S/C18H24N2O3/c1-12(2)8-11-19-16(22)18(9-10-18)17(23)20-15-6-4-14(5-7-15)13(3)21/h4-7,12H,8-11H2,1-3H3,(H,19,22)(H,20,23). The van der Waals surface area contributed by atoms with Gasteiger partial charge in [-0.2, -0.15) is 0 Å². The van der Waals surface area contributed by atoms with Crippen molar-refractivity contribution >= 4 is 23.3 Å². The predicted octanol–water partition coefficient (Wildman–Crippen LogP) is 2.77. The van der Waals surface area contributed by atoms with Crippen LogP contribution in [0.2, 0.25) is 0 Å². The number of anilines is 1. The molecular formula is C18H24N2O3. The van der Waals surface area contributed by atoms with E-state index in [0.29, 0.717) is 36.6 Å². The van der Waals surface area contributed by atoms with Gasteiger partial charge in [0.15, 0.2) is 5.78 Å². The molecule has 5 nitrogen and oxygen atoms in total. The van der Waals surface area contributed by atoms with Crippen LogP contribution in [-0.4, -0.2) is 24.1 Å². The van der Waals surface area contributed by atoms with Crippen LogP contribution >= 0.6 is 0 Å². The largest absolute Gasteiger partial charge is 0.355 e. The molecular weight excluding hydrogens is 292 g/mol. The minimum atomic E-state index is -0.920. The van der Waals surface area contributed by atoms with Crippen LogP contribution in [0.25, 0.3) is 0 Å². The second kappa shape index (κ2) is 6.94. The fourth-order valence-corrected chi connectivity index (χ4v) is 2.36. The Hall–Kier alpha value is -2.17. The molecule has 1 saturated carbocycles. The average Bonchev–Trinajstić information content (AvgIpc) is 3.29. The maximum atomic E-state index is 12.4. The average molecular weight is 316 g/mol. The summed E-state index contributed by atoms with van der Waals surface area (Å²) in [6, 6.07) is 6.70. The van der Waals surface area contributed by atoms with Crippen LogP contribution in [0.1, 0.15) is 50.4 Å². The van der Waals surface area contributed by atoms with E-state index in [0.717, 1.165) is 6.42 Å². The smallest absolute Gasteiger partial charge is 0.240 e. The van der Waals surface area contributed by atoms with E-state index in [1.54, 1.807) is 24.3 Å². The van der Waals surface area contributed by atoms with Crippen molar-refractivity contribution in [2.24, 2.45) is 11.3 Å². The number of nitrogens with one attached hydrogen (secondary N) is 2. The first-order chi connectivity index (χ1) is 10.8. The lowest BCUT2D eigenvalue weighted by Crippen LogP contribution is -2.40. The number of ketones is 1. The van der Waals surface area contributed by atoms with Gasteiger partial charge in [0.2, 0.25) is 11.8 Å². The quantitative estimate of drug-likeness (QED) is 0.600. The van der Waals surface area contributed by atoms with Crippen molar-refractivity contribution in [3.8, 4) is 0 Å². The molecule has 2 rings (SSSR count). The molecule has 0 spiro atoms. The fraction of sp³-hybridized carbons (Fsp3) is 0.500. The molecule has 0 atom stereocenters. The van der Waals surface area contributed by atoms with Gasteiger partial charge in [-0.3, -0.25) is 14.4 Å². The lowest BCUT2D eigenvalue weighted by atomic mass is 10.0. The van der Waals surface area contributed by atoms with Crippen molar-refractivity contribution in [2.45, 2.75) is 40.0 Å². The Labute approximate surface area is 136 Å². The van der Waals surface area contributed by atoms with Gasteiger partial charge < -0.3 is 10.6 Å². The summed E-state index contributed by atoms with van der Waals surface area (Å²) >= 11 is 0. The first-order valence-electron chi connectivity index (χ1n) is 8.06. The lowest BCUT2D eigenvalue weighted by molar-refractivity contribution is -0.134. The molecule has 0 bridgehead atoms. The molecule has 23 heavy (non-hydrogen) atoms. The van der Waals surface area contributed by atoms with Crippen LogP contribution in [-0.2, 0) is 9.59 Å². The molecule has 1 aliphatic rings. The van der Waals surface area contributed by atoms with E-state index in [2.05, 4.69) is 24.5 Å². The van der Waals surface area contributed by atoms with Gasteiger partial charge in [0.05, 0.1) is 0 Å². The molecule has 2 N–H and O–H groups in total. The molecule has 1 aromatic carbocycles. The molecule has 0 aromatic heterocycles. The predicted molar refractivity (Wildman–Crippen MR) is 89.2 cm³/mol. The molecule has 0 heterocycles. The van der Waals surface area contributed by atoms with Crippen LogP contribution in [0.5, 0.6) is 0 Å². The molecule has 2 amide bonds. The molecule has 0 unspecified atom stereocenters. The van der Waals surface area contributed by atoms with Crippen molar-refractivity contribution in [3.63, 3.8) is 0 Å². The lowest BCUT2D eigenvalue weighted by Gasteiger charge is -2.16. The third kappa shape index (κ3) is 4.18. The third-order valence-corrected chi connectivity index (χ3v) is 4.18. The Morgan fingerprint density at radius 2 is 1.70 bits per heavy atom. The second-order valence-electron chi connectivity index (χ2n) is 6.61. The minimum absolute atomic E-state index is 0.0222. The van der Waals surface area contributed by atoms with E-state index in [9.17, 15) is 14.4 Å². The SMILES string of the molecule is CC(=O)c1ccc(NC(=O)C2(C(=O)NCCC(C)C)CC2)cc1. The summed E-state index contributed by atoms with van der Waals surface area (Å²) < 4.78 is 0. The van der Waals surface area contributed by atoms with Gasteiger partial charge in [-0.15, -0.1) is 0 Å². The third-order valence-electron chi connectivity index (χ3n) is 4.18. The van der Waals surface area contributed by atoms with Gasteiger partial charge in [0, 0.05) is 17.8 Å². The number of Topliss-reactive ketones (excluding diaryl/α,β-unsaturated/α-hetero) is 1. The van der Waals surface area contributed by atoms with Crippen molar-refractivity contribution < 1.29 is 14.4 Å². The van der Waals surface area contributed by atoms with Crippen LogP contribution in [0.3, 0.4) is 0 Å². The Kier molecular flexibility index (Phi) is 5.19. The zero-order chi connectivity index (χ0) is 17.0. The first-order valence-corrected chi connectivity index (χ1v) is 8.06. The fourth-order valence-electron chi connectivity index (χ4n) is 2.36. The highest BCUT2D eigenvalue weighted by atomic mass is 16.2. The van der Waals surface area contributed by atoms with E-state index in [1.165, 1.54) is 6.92 Å². The van der Waals surface area contributed by atoms with Gasteiger partial charge in [0.25, 0.3) is 0 Å². The topological polar surface area (TPSA) is 75.3 Å². The van der Waals surface area contributed by atoms with Crippen LogP contribution < -0.4 is 10.6 Å². The van der Waals surface area contributed by atoms with Gasteiger partial charge >= 0.3 is 0 Å². The maximum absolute atomic E-state index is 12.4. The molecule has 0 radical (unpaired) electrons. The highest BCUT2D eigenvalue weighted by Crippen LogP contribution is 2.46. The summed E-state index contributed by atoms with van der Waals surface area (Å²) in [6.07, 6.45) is 2.06. The normalized spacial score (nSPS) is 15.1. The molecule has 0 saturated heterocycles. The van der Waals surface area contributed by atoms with Crippen LogP contribution in [0.15, 0.2) is 24.3 Å². The van der Waals surface area contributed by atoms with E-state index >= 15 is 0 Å². The Morgan fingerprint density at radius 3 is 2.17 bits per heavy atom. The van der Waals surface area contributed by atoms with Gasteiger partial charge in [-0.1, -0.05) is 13.8 Å². The number of hydrogen-bond donors (Lipinski definition) is 2. The summed E-state index contributed by atoms with van der Waals surface area (Å²) in [5, 5.41) is 5.64. The maximum Gasteiger partial charge on any atom is 0.240 e. The molecule has 1 aromatic rings. The van der Waals surface area contributed by atoms with Crippen molar-refractivity contribution in [1.82, 2.24) is 5.32 Å². The van der Waals surface area contributed by atoms with E-state index in [-0.39, 0.29) is 17.6 Å². The summed E-state index contributed by atoms with van der Waals surface area (Å²) in [6.45, 7) is 6.28. The summed E-state index contributed by atoms with van der Waals surface area (Å²) in [7, 11) is 0. The number of rotatable bonds is 7. The minimum Gasteiger partial charge on any atom is -0.355 e. The highest BCUT2D eigenvalue weighted by molar-refractivity contribution is 6.13. The number of carbonyl (C=O) groups excluding carboxylic acids is 3. The Morgan fingerprint density at radius 1 is 1.09 bits per heavy atom. The monoisotopic (exact) mass is 316 g/mol. The summed E-state index contributed by atoms with van der Waals surface area (Å²) in [5.74, 6) is 0.0382. The number of carbonyl (C=O) groups is 3. The first kappa shape index (κ1) is 17.2. The number of amides is 2. The Balaban J connectivity index is 1.94. The summed E-state index contributed by atoms with van der Waals surface area (Å²) in [5.41, 5.74) is 0.271. The zero-order valence-electron chi connectivity index (χ0n) is 13.9. The second-order valence-corrected chi connectivity index (χ2v) is 6.61. The van der Waals surface area contributed by atoms with E-state index in [1.807, 2.05) is 0 Å². The molecule has 0 aliphatic heterocycles. The number of hydrogen-bond acceptors (Lipinski definition) is 3. The van der Waals surface area contributed by atoms with Crippen molar-refractivity contribution in [2.75, 3.05) is 11.9 Å². The van der Waals surface area contributed by atoms with Crippen molar-refractivity contribution in [3.05, 3.63) is 29.8 Å². The van der Waals surface area contributed by atoms with E-state index < -0.39 is 5.41 Å². The van der Waals surface area contributed by atoms with Gasteiger partial charge in [-0.25, -0.2) is 0 Å². The van der Waals surface area contributed by atoms with Crippen LogP contribution in [0, 0.1) is 11.3 Å². The van der Waals surface area contributed by atoms with E-state index in [4.69, 9.17) is 0 Å².